The molecule has 0 aliphatic heterocycles. The smallest absolute Gasteiger partial charge is 0.268 e. The molecule has 1 heterocycles. The van der Waals surface area contributed by atoms with E-state index in [0.717, 1.165) is 41.1 Å². The second kappa shape index (κ2) is 9.65. The topological polar surface area (TPSA) is 86.9 Å². The van der Waals surface area contributed by atoms with E-state index in [9.17, 15) is 14.9 Å². The molecule has 1 aromatic heterocycles. The van der Waals surface area contributed by atoms with E-state index in [1.165, 1.54) is 0 Å². The van der Waals surface area contributed by atoms with Crippen LogP contribution in [-0.2, 0) is 11.8 Å². The van der Waals surface area contributed by atoms with Crippen LogP contribution in [0.25, 0.3) is 10.9 Å². The van der Waals surface area contributed by atoms with Crippen LogP contribution < -0.4 is 10.6 Å². The summed E-state index contributed by atoms with van der Waals surface area (Å²) in [6.45, 7) is 4.06. The highest BCUT2D eigenvalue weighted by atomic mass is 79.9. The van der Waals surface area contributed by atoms with Gasteiger partial charge < -0.3 is 15.2 Å². The summed E-state index contributed by atoms with van der Waals surface area (Å²) in [7, 11) is 1.87. The minimum Gasteiger partial charge on any atom is -0.347 e. The second-order valence-electron chi connectivity index (χ2n) is 8.58. The first-order valence-corrected chi connectivity index (χ1v) is 11.3. The van der Waals surface area contributed by atoms with E-state index in [1.54, 1.807) is 0 Å². The number of halogens is 1. The van der Waals surface area contributed by atoms with Gasteiger partial charge in [-0.25, -0.2) is 0 Å². The first kappa shape index (κ1) is 22.4. The van der Waals surface area contributed by atoms with E-state index in [2.05, 4.69) is 32.6 Å². The quantitative estimate of drug-likeness (QED) is 0.657. The fraction of sp³-hybridized carbons (Fsp3) is 0.522. The summed E-state index contributed by atoms with van der Waals surface area (Å²) >= 11 is 3.48. The monoisotopic (exact) mass is 472 g/mol. The molecule has 1 fully saturated rings. The van der Waals surface area contributed by atoms with Gasteiger partial charge in [-0.1, -0.05) is 48.7 Å². The molecule has 1 saturated carbocycles. The number of hydrogen-bond acceptors (Lipinski definition) is 3. The second-order valence-corrected chi connectivity index (χ2v) is 9.50. The fourth-order valence-electron chi connectivity index (χ4n) is 4.27. The van der Waals surface area contributed by atoms with Crippen LogP contribution in [0.5, 0.6) is 0 Å². The molecule has 2 N–H and O–H groups in total. The molecule has 0 saturated heterocycles. The van der Waals surface area contributed by atoms with Gasteiger partial charge in [0.1, 0.15) is 11.7 Å². The van der Waals surface area contributed by atoms with E-state index in [1.807, 2.05) is 49.7 Å². The average molecular weight is 473 g/mol. The van der Waals surface area contributed by atoms with Crippen LogP contribution >= 0.6 is 15.9 Å². The van der Waals surface area contributed by atoms with Gasteiger partial charge in [0.05, 0.1) is 12.0 Å². The zero-order valence-corrected chi connectivity index (χ0v) is 19.3. The summed E-state index contributed by atoms with van der Waals surface area (Å²) in [4.78, 5) is 26.0. The Morgan fingerprint density at radius 3 is 2.70 bits per heavy atom. The van der Waals surface area contributed by atoms with Crippen molar-refractivity contribution < 1.29 is 9.59 Å². The third kappa shape index (κ3) is 5.04. The van der Waals surface area contributed by atoms with E-state index in [4.69, 9.17) is 0 Å². The molecule has 6 nitrogen and oxygen atoms in total. The molecule has 1 aliphatic rings. The van der Waals surface area contributed by atoms with Crippen LogP contribution in [0, 0.1) is 23.2 Å². The van der Waals surface area contributed by atoms with Gasteiger partial charge in [-0.3, -0.25) is 9.59 Å². The number of hydrogen-bond donors (Lipinski definition) is 2. The summed E-state index contributed by atoms with van der Waals surface area (Å²) in [6.07, 6.45) is 4.04. The third-order valence-electron chi connectivity index (χ3n) is 5.84. The summed E-state index contributed by atoms with van der Waals surface area (Å²) in [5.74, 6) is -0.292. The highest BCUT2D eigenvalue weighted by molar-refractivity contribution is 9.10. The Bertz CT molecular complexity index is 975. The van der Waals surface area contributed by atoms with E-state index in [-0.39, 0.29) is 23.8 Å². The molecule has 30 heavy (non-hydrogen) atoms. The van der Waals surface area contributed by atoms with Gasteiger partial charge in [-0.05, 0) is 43.4 Å². The van der Waals surface area contributed by atoms with Crippen molar-refractivity contribution in [2.24, 2.45) is 18.9 Å². The minimum atomic E-state index is -0.493. The van der Waals surface area contributed by atoms with Crippen LogP contribution in [0.1, 0.15) is 56.4 Å². The number of rotatable bonds is 6. The molecule has 0 unspecified atom stereocenters. The van der Waals surface area contributed by atoms with E-state index in [0.29, 0.717) is 18.0 Å². The fourth-order valence-corrected chi connectivity index (χ4v) is 4.62. The lowest BCUT2D eigenvalue weighted by Gasteiger charge is -2.32. The Labute approximate surface area is 186 Å². The van der Waals surface area contributed by atoms with Crippen molar-refractivity contribution >= 4 is 38.6 Å². The Balaban J connectivity index is 1.74. The lowest BCUT2D eigenvalue weighted by Crippen LogP contribution is -2.50. The maximum absolute atomic E-state index is 13.1. The first-order valence-electron chi connectivity index (χ1n) is 10.6. The Morgan fingerprint density at radius 1 is 1.27 bits per heavy atom. The highest BCUT2D eigenvalue weighted by Gasteiger charge is 2.33. The zero-order chi connectivity index (χ0) is 21.8. The number of carbonyl (C=O) groups is 2. The molecule has 1 aliphatic carbocycles. The molecule has 3 rings (SSSR count). The summed E-state index contributed by atoms with van der Waals surface area (Å²) in [5, 5.41) is 16.3. The number of aryl methyl sites for hydroxylation is 1. The standard InChI is InChI=1S/C23H29BrN4O2/c1-14(2)10-17(13-25)26-22(29)18-6-4-5-7-19(18)27-23(30)21-11-15-8-9-16(24)12-20(15)28(21)3/h8-9,11-12,14,17-19H,4-7,10H2,1-3H3,(H,26,29)(H,27,30)/t17-,18+,19-/m0/s1. The Kier molecular flexibility index (Phi) is 7.19. The van der Waals surface area contributed by atoms with Crippen molar-refractivity contribution in [2.75, 3.05) is 0 Å². The van der Waals surface area contributed by atoms with Gasteiger partial charge in [0, 0.05) is 28.5 Å². The normalized spacial score (nSPS) is 20.0. The highest BCUT2D eigenvalue weighted by Crippen LogP contribution is 2.27. The van der Waals surface area contributed by atoms with Gasteiger partial charge in [0.2, 0.25) is 5.91 Å². The van der Waals surface area contributed by atoms with Crippen molar-refractivity contribution in [1.82, 2.24) is 15.2 Å². The third-order valence-corrected chi connectivity index (χ3v) is 6.33. The number of amides is 2. The average Bonchev–Trinajstić information content (AvgIpc) is 3.03. The maximum Gasteiger partial charge on any atom is 0.268 e. The van der Waals surface area contributed by atoms with Crippen molar-refractivity contribution in [3.05, 3.63) is 34.4 Å². The summed E-state index contributed by atoms with van der Waals surface area (Å²) < 4.78 is 2.84. The van der Waals surface area contributed by atoms with Crippen molar-refractivity contribution in [1.29, 1.82) is 5.26 Å². The number of nitrogens with zero attached hydrogens (tertiary/aromatic N) is 2. The van der Waals surface area contributed by atoms with Gasteiger partial charge in [0.25, 0.3) is 5.91 Å². The predicted octanol–water partition coefficient (Wildman–Crippen LogP) is 4.28. The molecule has 3 atom stereocenters. The Morgan fingerprint density at radius 2 is 2.00 bits per heavy atom. The molecule has 0 bridgehead atoms. The Hall–Kier alpha value is -2.33. The number of carbonyl (C=O) groups excluding carboxylic acids is 2. The van der Waals surface area contributed by atoms with Crippen LogP contribution in [0.2, 0.25) is 0 Å². The number of benzene rings is 1. The number of aromatic nitrogens is 1. The van der Waals surface area contributed by atoms with Gasteiger partial charge in [-0.2, -0.15) is 5.26 Å². The SMILES string of the molecule is CC(C)C[C@@H](C#N)NC(=O)[C@@H]1CCCC[C@@H]1NC(=O)c1cc2ccc(Br)cc2n1C. The first-order chi connectivity index (χ1) is 14.3. The number of nitrogens with one attached hydrogen (secondary N) is 2. The number of nitriles is 1. The molecular formula is C23H29BrN4O2. The van der Waals surface area contributed by atoms with Gasteiger partial charge >= 0.3 is 0 Å². The van der Waals surface area contributed by atoms with Crippen molar-refractivity contribution in [2.45, 2.75) is 58.0 Å². The van der Waals surface area contributed by atoms with Crippen molar-refractivity contribution in [3.8, 4) is 6.07 Å². The maximum atomic E-state index is 13.1. The van der Waals surface area contributed by atoms with Crippen molar-refractivity contribution in [3.63, 3.8) is 0 Å². The van der Waals surface area contributed by atoms with Crippen LogP contribution in [0.4, 0.5) is 0 Å². The molecule has 2 amide bonds. The van der Waals surface area contributed by atoms with Crippen LogP contribution in [-0.4, -0.2) is 28.5 Å². The molecule has 0 radical (unpaired) electrons. The lowest BCUT2D eigenvalue weighted by atomic mass is 9.83. The molecule has 160 valence electrons. The van der Waals surface area contributed by atoms with Gasteiger partial charge in [0.15, 0.2) is 0 Å². The summed E-state index contributed by atoms with van der Waals surface area (Å²) in [5.41, 5.74) is 1.54. The molecule has 2 aromatic rings. The van der Waals surface area contributed by atoms with Gasteiger partial charge in [-0.15, -0.1) is 0 Å². The van der Waals surface area contributed by atoms with E-state index < -0.39 is 6.04 Å². The predicted molar refractivity (Wildman–Crippen MR) is 121 cm³/mol. The zero-order valence-electron chi connectivity index (χ0n) is 17.7. The molecular weight excluding hydrogens is 444 g/mol. The number of fused-ring (bicyclic) bond motifs is 1. The molecule has 0 spiro atoms. The van der Waals surface area contributed by atoms with Crippen LogP contribution in [0.15, 0.2) is 28.7 Å². The largest absolute Gasteiger partial charge is 0.347 e. The molecule has 1 aromatic carbocycles. The van der Waals surface area contributed by atoms with E-state index >= 15 is 0 Å². The van der Waals surface area contributed by atoms with Crippen LogP contribution in [0.3, 0.4) is 0 Å². The molecule has 7 heteroatoms. The minimum absolute atomic E-state index is 0.131. The lowest BCUT2D eigenvalue weighted by molar-refractivity contribution is -0.127. The summed E-state index contributed by atoms with van der Waals surface area (Å²) in [6, 6.07) is 9.26.